The smallest absolute Gasteiger partial charge is 0.182 e. The van der Waals surface area contributed by atoms with Crippen LogP contribution in [-0.2, 0) is 0 Å². The minimum atomic E-state index is -0.270. The largest absolute Gasteiger partial charge is 0.292 e. The van der Waals surface area contributed by atoms with Crippen molar-refractivity contribution in [3.8, 4) is 0 Å². The van der Waals surface area contributed by atoms with Gasteiger partial charge in [0.2, 0.25) is 0 Å². The number of aliphatic imine (C=N–C) groups is 1. The van der Waals surface area contributed by atoms with E-state index in [1.54, 1.807) is 10.1 Å². The monoisotopic (exact) mass is 189 g/mol. The Morgan fingerprint density at radius 2 is 2.56 bits per heavy atom. The molecule has 0 aromatic rings. The lowest BCUT2D eigenvalue weighted by Gasteiger charge is -2.19. The number of hydrogen-bond acceptors (Lipinski definition) is 3. The lowest BCUT2D eigenvalue weighted by molar-refractivity contribution is 0.479. The minimum absolute atomic E-state index is 0.270. The van der Waals surface area contributed by atoms with Gasteiger partial charge in [0.05, 0.1) is 16.1 Å². The van der Waals surface area contributed by atoms with Crippen LogP contribution in [0.3, 0.4) is 0 Å². The second kappa shape index (κ2) is 2.49. The van der Waals surface area contributed by atoms with E-state index in [0.717, 1.165) is 5.57 Å². The normalized spacial score (nSPS) is 26.3. The quantitative estimate of drug-likeness (QED) is 0.574. The first-order valence-corrected chi connectivity index (χ1v) is 3.32. The topological polar surface area (TPSA) is 41.6 Å². The fourth-order valence-corrected chi connectivity index (χ4v) is 0.991. The van der Waals surface area contributed by atoms with Crippen LogP contribution in [0.1, 0.15) is 6.92 Å². The van der Waals surface area contributed by atoms with Gasteiger partial charge in [-0.15, -0.1) is 0 Å². The van der Waals surface area contributed by atoms with E-state index in [9.17, 15) is 0 Å². The predicted molar refractivity (Wildman–Crippen MR) is 41.0 cm³/mol. The van der Waals surface area contributed by atoms with Crippen molar-refractivity contribution in [2.24, 2.45) is 10.7 Å². The third-order valence-electron chi connectivity index (χ3n) is 1.01. The molecule has 1 rings (SSSR count). The van der Waals surface area contributed by atoms with E-state index in [2.05, 4.69) is 21.1 Å². The Morgan fingerprint density at radius 3 is 3.00 bits per heavy atom. The van der Waals surface area contributed by atoms with Gasteiger partial charge < -0.3 is 0 Å². The SMILES string of the molecule is CC1=CN(Br)C(N)N=C1. The average Bonchev–Trinajstić information content (AvgIpc) is 1.80. The first-order valence-electron chi connectivity index (χ1n) is 2.61. The number of halogens is 1. The van der Waals surface area contributed by atoms with Crippen LogP contribution in [0.4, 0.5) is 0 Å². The summed E-state index contributed by atoms with van der Waals surface area (Å²) in [7, 11) is 0. The summed E-state index contributed by atoms with van der Waals surface area (Å²) in [6, 6.07) is 0. The molecule has 4 heteroatoms. The van der Waals surface area contributed by atoms with E-state index < -0.39 is 0 Å². The van der Waals surface area contributed by atoms with Crippen LogP contribution in [0.15, 0.2) is 16.8 Å². The molecule has 1 unspecified atom stereocenters. The van der Waals surface area contributed by atoms with Crippen LogP contribution in [0, 0.1) is 0 Å². The van der Waals surface area contributed by atoms with Gasteiger partial charge in [0.1, 0.15) is 0 Å². The lowest BCUT2D eigenvalue weighted by Crippen LogP contribution is -2.32. The van der Waals surface area contributed by atoms with Crippen LogP contribution in [-0.4, -0.2) is 16.4 Å². The molecule has 0 spiro atoms. The number of nitrogens with zero attached hydrogens (tertiary/aromatic N) is 2. The molecule has 0 saturated carbocycles. The molecular formula is C5H8BrN3. The molecule has 50 valence electrons. The fraction of sp³-hybridized carbons (Fsp3) is 0.400. The summed E-state index contributed by atoms with van der Waals surface area (Å²) < 4.78 is 1.68. The number of allylic oxidation sites excluding steroid dienone is 1. The molecule has 3 nitrogen and oxygen atoms in total. The summed E-state index contributed by atoms with van der Waals surface area (Å²) in [4.78, 5) is 3.96. The fourth-order valence-electron chi connectivity index (χ4n) is 0.562. The van der Waals surface area contributed by atoms with Gasteiger partial charge in [-0.2, -0.15) is 0 Å². The maximum atomic E-state index is 5.48. The summed E-state index contributed by atoms with van der Waals surface area (Å²) >= 11 is 3.21. The molecule has 0 aromatic heterocycles. The van der Waals surface area contributed by atoms with Crippen molar-refractivity contribution in [2.75, 3.05) is 0 Å². The predicted octanol–water partition coefficient (Wildman–Crippen LogP) is 0.829. The van der Waals surface area contributed by atoms with E-state index in [1.807, 2.05) is 13.1 Å². The van der Waals surface area contributed by atoms with Gasteiger partial charge in [0.25, 0.3) is 0 Å². The second-order valence-corrected chi connectivity index (χ2v) is 2.73. The van der Waals surface area contributed by atoms with Crippen LogP contribution in [0.25, 0.3) is 0 Å². The van der Waals surface area contributed by atoms with E-state index in [1.165, 1.54) is 0 Å². The van der Waals surface area contributed by atoms with Crippen LogP contribution in [0.2, 0.25) is 0 Å². The molecule has 0 aliphatic carbocycles. The van der Waals surface area contributed by atoms with E-state index in [0.29, 0.717) is 0 Å². The molecule has 2 N–H and O–H groups in total. The number of nitrogens with two attached hydrogens (primary N) is 1. The highest BCUT2D eigenvalue weighted by Crippen LogP contribution is 2.09. The molecule has 9 heavy (non-hydrogen) atoms. The Bertz CT molecular complexity index is 164. The summed E-state index contributed by atoms with van der Waals surface area (Å²) in [5.74, 6) is 0. The van der Waals surface area contributed by atoms with Crippen molar-refractivity contribution in [1.82, 2.24) is 3.93 Å². The van der Waals surface area contributed by atoms with Crippen LogP contribution >= 0.6 is 16.1 Å². The Kier molecular flexibility index (Phi) is 1.87. The summed E-state index contributed by atoms with van der Waals surface area (Å²) in [6.07, 6.45) is 3.37. The maximum absolute atomic E-state index is 5.48. The molecule has 1 atom stereocenters. The third-order valence-corrected chi connectivity index (χ3v) is 1.63. The Morgan fingerprint density at radius 1 is 1.89 bits per heavy atom. The lowest BCUT2D eigenvalue weighted by atomic mass is 10.3. The van der Waals surface area contributed by atoms with Gasteiger partial charge in [0, 0.05) is 12.4 Å². The third kappa shape index (κ3) is 1.53. The number of rotatable bonds is 0. The highest BCUT2D eigenvalue weighted by atomic mass is 79.9. The molecule has 1 heterocycles. The Hall–Kier alpha value is -0.350. The average molecular weight is 190 g/mol. The van der Waals surface area contributed by atoms with E-state index >= 15 is 0 Å². The van der Waals surface area contributed by atoms with Crippen LogP contribution in [0.5, 0.6) is 0 Å². The van der Waals surface area contributed by atoms with Crippen molar-refractivity contribution < 1.29 is 0 Å². The van der Waals surface area contributed by atoms with Gasteiger partial charge in [0.15, 0.2) is 6.29 Å². The van der Waals surface area contributed by atoms with Gasteiger partial charge in [-0.3, -0.25) is 14.7 Å². The van der Waals surface area contributed by atoms with Crippen LogP contribution < -0.4 is 5.73 Å². The molecule has 0 radical (unpaired) electrons. The highest BCUT2D eigenvalue weighted by molar-refractivity contribution is 9.07. The summed E-state index contributed by atoms with van der Waals surface area (Å²) in [6.45, 7) is 1.96. The zero-order valence-electron chi connectivity index (χ0n) is 5.08. The molecule has 0 fully saturated rings. The molecule has 0 amide bonds. The first kappa shape index (κ1) is 6.77. The van der Waals surface area contributed by atoms with E-state index in [4.69, 9.17) is 5.73 Å². The standard InChI is InChI=1S/C5H8BrN3/c1-4-2-8-5(7)9(6)3-4/h2-3,5H,7H2,1H3. The zero-order chi connectivity index (χ0) is 6.85. The molecule has 0 saturated heterocycles. The highest BCUT2D eigenvalue weighted by Gasteiger charge is 2.07. The molecular weight excluding hydrogens is 182 g/mol. The Balaban J connectivity index is 2.70. The molecule has 0 bridgehead atoms. The van der Waals surface area contributed by atoms with Gasteiger partial charge in [-0.25, -0.2) is 0 Å². The van der Waals surface area contributed by atoms with Gasteiger partial charge in [-0.1, -0.05) is 0 Å². The second-order valence-electron chi connectivity index (χ2n) is 1.91. The van der Waals surface area contributed by atoms with Crippen molar-refractivity contribution in [2.45, 2.75) is 13.2 Å². The molecule has 1 aliphatic rings. The van der Waals surface area contributed by atoms with Crippen molar-refractivity contribution in [1.29, 1.82) is 0 Å². The first-order chi connectivity index (χ1) is 4.20. The van der Waals surface area contributed by atoms with Gasteiger partial charge >= 0.3 is 0 Å². The van der Waals surface area contributed by atoms with E-state index in [-0.39, 0.29) is 6.29 Å². The number of hydrogen-bond donors (Lipinski definition) is 1. The minimum Gasteiger partial charge on any atom is -0.292 e. The zero-order valence-corrected chi connectivity index (χ0v) is 6.67. The molecule has 0 aromatic carbocycles. The van der Waals surface area contributed by atoms with Gasteiger partial charge in [-0.05, 0) is 12.5 Å². The van der Waals surface area contributed by atoms with Crippen molar-refractivity contribution in [3.63, 3.8) is 0 Å². The Labute approximate surface area is 62.6 Å². The van der Waals surface area contributed by atoms with Crippen molar-refractivity contribution >= 4 is 22.4 Å². The van der Waals surface area contributed by atoms with Crippen molar-refractivity contribution in [3.05, 3.63) is 11.8 Å². The molecule has 1 aliphatic heterocycles. The summed E-state index contributed by atoms with van der Waals surface area (Å²) in [5.41, 5.74) is 6.57. The maximum Gasteiger partial charge on any atom is 0.182 e. The summed E-state index contributed by atoms with van der Waals surface area (Å²) in [5, 5.41) is 0.